The van der Waals surface area contributed by atoms with E-state index >= 15 is 0 Å². The maximum Gasteiger partial charge on any atom is 0.0960 e. The van der Waals surface area contributed by atoms with Crippen LogP contribution in [0.5, 0.6) is 0 Å². The predicted molar refractivity (Wildman–Crippen MR) is 66.8 cm³/mol. The number of nitrogens with zero attached hydrogens (tertiary/aromatic N) is 1. The van der Waals surface area contributed by atoms with Crippen molar-refractivity contribution in [1.82, 2.24) is 4.90 Å². The first-order valence-corrected chi connectivity index (χ1v) is 7.20. The van der Waals surface area contributed by atoms with Crippen LogP contribution in [0.4, 0.5) is 0 Å². The normalized spacial score (nSPS) is 44.1. The van der Waals surface area contributed by atoms with Gasteiger partial charge in [-0.05, 0) is 50.5 Å². The second-order valence-electron chi connectivity index (χ2n) is 6.41. The summed E-state index contributed by atoms with van der Waals surface area (Å²) in [5.74, 6) is 2.67. The van der Waals surface area contributed by atoms with Gasteiger partial charge in [0.15, 0.2) is 0 Å². The molecule has 0 spiro atoms. The van der Waals surface area contributed by atoms with Gasteiger partial charge >= 0.3 is 0 Å². The third-order valence-corrected chi connectivity index (χ3v) is 5.15. The Bertz CT molecular complexity index is 271. The molecule has 1 saturated heterocycles. The van der Waals surface area contributed by atoms with Gasteiger partial charge in [0, 0.05) is 13.1 Å². The van der Waals surface area contributed by atoms with Crippen molar-refractivity contribution < 1.29 is 9.84 Å². The van der Waals surface area contributed by atoms with E-state index in [1.165, 1.54) is 25.7 Å². The zero-order valence-electron chi connectivity index (χ0n) is 10.8. The van der Waals surface area contributed by atoms with Crippen LogP contribution in [0.15, 0.2) is 0 Å². The van der Waals surface area contributed by atoms with Gasteiger partial charge < -0.3 is 14.7 Å². The lowest BCUT2D eigenvalue weighted by molar-refractivity contribution is -0.0906. The van der Waals surface area contributed by atoms with Crippen LogP contribution in [-0.4, -0.2) is 49.0 Å². The monoisotopic (exact) mass is 239 g/mol. The predicted octanol–water partition coefficient (Wildman–Crippen LogP) is 1.50. The molecule has 3 heteroatoms. The second-order valence-corrected chi connectivity index (χ2v) is 6.41. The van der Waals surface area contributed by atoms with Gasteiger partial charge in [-0.2, -0.15) is 0 Å². The minimum Gasteiger partial charge on any atom is -0.390 e. The van der Waals surface area contributed by atoms with Gasteiger partial charge in [0.05, 0.1) is 18.8 Å². The average Bonchev–Trinajstić information content (AvgIpc) is 2.91. The molecular weight excluding hydrogens is 214 g/mol. The quantitative estimate of drug-likeness (QED) is 0.810. The lowest BCUT2D eigenvalue weighted by Crippen LogP contribution is -2.46. The first kappa shape index (κ1) is 11.9. The van der Waals surface area contributed by atoms with Crippen LogP contribution >= 0.6 is 0 Å². The molecule has 0 radical (unpaired) electrons. The molecule has 1 aliphatic heterocycles. The van der Waals surface area contributed by atoms with Crippen molar-refractivity contribution in [3.63, 3.8) is 0 Å². The number of aliphatic hydroxyl groups is 1. The van der Waals surface area contributed by atoms with Crippen molar-refractivity contribution in [3.05, 3.63) is 0 Å². The molecule has 1 heterocycles. The molecule has 2 saturated carbocycles. The van der Waals surface area contributed by atoms with Gasteiger partial charge in [0.25, 0.3) is 0 Å². The number of ether oxygens (including phenoxy) is 1. The van der Waals surface area contributed by atoms with Crippen molar-refractivity contribution in [1.29, 1.82) is 0 Å². The maximum atomic E-state index is 10.3. The van der Waals surface area contributed by atoms with Gasteiger partial charge in [-0.15, -0.1) is 0 Å². The van der Waals surface area contributed by atoms with Crippen molar-refractivity contribution >= 4 is 0 Å². The van der Waals surface area contributed by atoms with E-state index in [1.807, 2.05) is 0 Å². The Morgan fingerprint density at radius 3 is 2.88 bits per heavy atom. The molecular formula is C14H25NO2. The fraction of sp³-hybridized carbons (Fsp3) is 1.00. The number of morpholine rings is 1. The smallest absolute Gasteiger partial charge is 0.0960 e. The molecule has 0 aromatic carbocycles. The molecule has 0 aromatic heterocycles. The number of aliphatic hydroxyl groups excluding tert-OH is 1. The molecule has 5 unspecified atom stereocenters. The maximum absolute atomic E-state index is 10.3. The highest BCUT2D eigenvalue weighted by Crippen LogP contribution is 2.50. The minimum atomic E-state index is -0.248. The van der Waals surface area contributed by atoms with Crippen molar-refractivity contribution in [2.75, 3.05) is 26.7 Å². The second kappa shape index (κ2) is 4.87. The van der Waals surface area contributed by atoms with E-state index in [4.69, 9.17) is 4.74 Å². The van der Waals surface area contributed by atoms with Crippen molar-refractivity contribution in [3.8, 4) is 0 Å². The zero-order valence-corrected chi connectivity index (χ0v) is 10.8. The van der Waals surface area contributed by atoms with Crippen LogP contribution in [0.3, 0.4) is 0 Å². The summed E-state index contributed by atoms with van der Waals surface area (Å²) < 4.78 is 5.71. The Balaban J connectivity index is 1.51. The number of likely N-dealkylation sites (N-methyl/N-ethyl adjacent to an activating group) is 1. The summed E-state index contributed by atoms with van der Waals surface area (Å²) in [6.45, 7) is 2.66. The van der Waals surface area contributed by atoms with E-state index in [9.17, 15) is 5.11 Å². The topological polar surface area (TPSA) is 32.7 Å². The summed E-state index contributed by atoms with van der Waals surface area (Å²) in [4.78, 5) is 2.26. The van der Waals surface area contributed by atoms with Crippen molar-refractivity contribution in [2.24, 2.45) is 17.8 Å². The average molecular weight is 239 g/mol. The number of hydrogen-bond acceptors (Lipinski definition) is 3. The molecule has 5 atom stereocenters. The fourth-order valence-corrected chi connectivity index (χ4v) is 4.17. The minimum absolute atomic E-state index is 0.0490. The Morgan fingerprint density at radius 1 is 1.35 bits per heavy atom. The lowest BCUT2D eigenvalue weighted by Gasteiger charge is -2.34. The highest BCUT2D eigenvalue weighted by molar-refractivity contribution is 4.92. The highest BCUT2D eigenvalue weighted by Gasteiger charge is 2.41. The van der Waals surface area contributed by atoms with Crippen LogP contribution in [0.1, 0.15) is 32.1 Å². The molecule has 17 heavy (non-hydrogen) atoms. The van der Waals surface area contributed by atoms with Gasteiger partial charge in [-0.1, -0.05) is 6.42 Å². The van der Waals surface area contributed by atoms with E-state index < -0.39 is 0 Å². The standard InChI is InChI=1S/C14H25NO2/c1-15-4-5-17-14(9-15)13(16)8-12-7-10-2-3-11(12)6-10/h10-14,16H,2-9H2,1H3. The van der Waals surface area contributed by atoms with E-state index in [-0.39, 0.29) is 12.2 Å². The molecule has 0 aromatic rings. The van der Waals surface area contributed by atoms with Gasteiger partial charge in [0.2, 0.25) is 0 Å². The van der Waals surface area contributed by atoms with Crippen LogP contribution in [0.2, 0.25) is 0 Å². The van der Waals surface area contributed by atoms with Gasteiger partial charge in [-0.3, -0.25) is 0 Å². The lowest BCUT2D eigenvalue weighted by atomic mass is 9.84. The fourth-order valence-electron chi connectivity index (χ4n) is 4.17. The van der Waals surface area contributed by atoms with Crippen molar-refractivity contribution in [2.45, 2.75) is 44.3 Å². The summed E-state index contributed by atoms with van der Waals surface area (Å²) >= 11 is 0. The molecule has 3 fully saturated rings. The molecule has 3 nitrogen and oxygen atoms in total. The van der Waals surface area contributed by atoms with Gasteiger partial charge in [-0.25, -0.2) is 0 Å². The highest BCUT2D eigenvalue weighted by atomic mass is 16.5. The van der Waals surface area contributed by atoms with Crippen LogP contribution in [-0.2, 0) is 4.74 Å². The number of fused-ring (bicyclic) bond motifs is 2. The SMILES string of the molecule is CN1CCOC(C(O)CC2CC3CCC2C3)C1. The summed E-state index contributed by atoms with van der Waals surface area (Å²) in [5.41, 5.74) is 0. The molecule has 2 aliphatic carbocycles. The number of rotatable bonds is 3. The van der Waals surface area contributed by atoms with E-state index in [1.54, 1.807) is 0 Å². The van der Waals surface area contributed by atoms with Gasteiger partial charge in [0.1, 0.15) is 0 Å². The molecule has 1 N–H and O–H groups in total. The first-order valence-electron chi connectivity index (χ1n) is 7.20. The Hall–Kier alpha value is -0.120. The molecule has 3 aliphatic rings. The Kier molecular flexibility index (Phi) is 3.42. The van der Waals surface area contributed by atoms with E-state index in [2.05, 4.69) is 11.9 Å². The summed E-state index contributed by atoms with van der Waals surface area (Å²) in [6, 6.07) is 0. The Morgan fingerprint density at radius 2 is 2.24 bits per heavy atom. The Labute approximate surface area is 104 Å². The molecule has 0 amide bonds. The third-order valence-electron chi connectivity index (χ3n) is 5.15. The van der Waals surface area contributed by atoms with Crippen LogP contribution in [0.25, 0.3) is 0 Å². The van der Waals surface area contributed by atoms with E-state index in [0.29, 0.717) is 0 Å². The largest absolute Gasteiger partial charge is 0.390 e. The zero-order chi connectivity index (χ0) is 11.8. The molecule has 3 rings (SSSR count). The van der Waals surface area contributed by atoms with Crippen LogP contribution < -0.4 is 0 Å². The van der Waals surface area contributed by atoms with Crippen LogP contribution in [0, 0.1) is 17.8 Å². The molecule has 98 valence electrons. The third kappa shape index (κ3) is 2.51. The summed E-state index contributed by atoms with van der Waals surface area (Å²) in [6.07, 6.45) is 6.43. The van der Waals surface area contributed by atoms with E-state index in [0.717, 1.165) is 43.9 Å². The number of hydrogen-bond donors (Lipinski definition) is 1. The first-order chi connectivity index (χ1) is 8.22. The summed E-state index contributed by atoms with van der Waals surface area (Å²) in [7, 11) is 2.11. The summed E-state index contributed by atoms with van der Waals surface area (Å²) in [5, 5.41) is 10.3. The molecule has 2 bridgehead atoms.